The SMILES string of the molecule is CCC(C)(C)CNC(=O)C1(C)CCCN1. The van der Waals surface area contributed by atoms with Crippen LogP contribution in [-0.2, 0) is 4.79 Å². The molecule has 1 heterocycles. The van der Waals surface area contributed by atoms with Crippen LogP contribution in [-0.4, -0.2) is 24.5 Å². The molecule has 0 bridgehead atoms. The number of nitrogens with one attached hydrogen (secondary N) is 2. The summed E-state index contributed by atoms with van der Waals surface area (Å²) < 4.78 is 0. The van der Waals surface area contributed by atoms with Gasteiger partial charge in [0.15, 0.2) is 0 Å². The molecule has 1 rings (SSSR count). The van der Waals surface area contributed by atoms with Gasteiger partial charge in [0, 0.05) is 6.54 Å². The zero-order chi connectivity index (χ0) is 11.5. The van der Waals surface area contributed by atoms with E-state index in [9.17, 15) is 4.79 Å². The molecule has 1 fully saturated rings. The van der Waals surface area contributed by atoms with E-state index in [-0.39, 0.29) is 16.9 Å². The Balaban J connectivity index is 2.42. The summed E-state index contributed by atoms with van der Waals surface area (Å²) in [4.78, 5) is 12.0. The molecule has 1 saturated heterocycles. The van der Waals surface area contributed by atoms with Crippen molar-refractivity contribution in [1.82, 2.24) is 10.6 Å². The quantitative estimate of drug-likeness (QED) is 0.744. The average molecular weight is 212 g/mol. The monoisotopic (exact) mass is 212 g/mol. The molecule has 0 spiro atoms. The maximum Gasteiger partial charge on any atom is 0.240 e. The molecule has 88 valence electrons. The topological polar surface area (TPSA) is 41.1 Å². The van der Waals surface area contributed by atoms with Gasteiger partial charge in [-0.3, -0.25) is 4.79 Å². The molecule has 1 unspecified atom stereocenters. The number of hydrogen-bond acceptors (Lipinski definition) is 2. The second-order valence-electron chi connectivity index (χ2n) is 5.56. The van der Waals surface area contributed by atoms with E-state index < -0.39 is 0 Å². The molecular weight excluding hydrogens is 188 g/mol. The third-order valence-corrected chi connectivity index (χ3v) is 3.55. The van der Waals surface area contributed by atoms with Crippen molar-refractivity contribution in [3.05, 3.63) is 0 Å². The van der Waals surface area contributed by atoms with E-state index in [1.165, 1.54) is 0 Å². The summed E-state index contributed by atoms with van der Waals surface area (Å²) >= 11 is 0. The fourth-order valence-corrected chi connectivity index (χ4v) is 1.73. The van der Waals surface area contributed by atoms with Crippen LogP contribution in [0.2, 0.25) is 0 Å². The molecule has 3 heteroatoms. The lowest BCUT2D eigenvalue weighted by Crippen LogP contribution is -2.52. The van der Waals surface area contributed by atoms with Gasteiger partial charge in [-0.1, -0.05) is 20.8 Å². The second kappa shape index (κ2) is 4.52. The lowest BCUT2D eigenvalue weighted by atomic mass is 9.89. The number of rotatable bonds is 4. The van der Waals surface area contributed by atoms with Crippen LogP contribution in [0.1, 0.15) is 47.0 Å². The summed E-state index contributed by atoms with van der Waals surface area (Å²) in [5, 5.41) is 6.33. The van der Waals surface area contributed by atoms with E-state index in [1.807, 2.05) is 6.92 Å². The van der Waals surface area contributed by atoms with Gasteiger partial charge in [0.05, 0.1) is 5.54 Å². The first-order chi connectivity index (χ1) is 6.90. The predicted octanol–water partition coefficient (Wildman–Crippen LogP) is 1.68. The van der Waals surface area contributed by atoms with Crippen LogP contribution >= 0.6 is 0 Å². The first-order valence-electron chi connectivity index (χ1n) is 5.93. The van der Waals surface area contributed by atoms with Crippen LogP contribution in [0, 0.1) is 5.41 Å². The lowest BCUT2D eigenvalue weighted by Gasteiger charge is -2.28. The van der Waals surface area contributed by atoms with Gasteiger partial charge in [-0.15, -0.1) is 0 Å². The van der Waals surface area contributed by atoms with Crippen molar-refractivity contribution in [3.63, 3.8) is 0 Å². The number of hydrogen-bond donors (Lipinski definition) is 2. The summed E-state index contributed by atoms with van der Waals surface area (Å²) in [6, 6.07) is 0. The molecule has 3 nitrogen and oxygen atoms in total. The highest BCUT2D eigenvalue weighted by atomic mass is 16.2. The molecule has 1 amide bonds. The second-order valence-corrected chi connectivity index (χ2v) is 5.56. The predicted molar refractivity (Wildman–Crippen MR) is 62.7 cm³/mol. The van der Waals surface area contributed by atoms with E-state index in [2.05, 4.69) is 31.4 Å². The van der Waals surface area contributed by atoms with Crippen molar-refractivity contribution >= 4 is 5.91 Å². The Bertz CT molecular complexity index is 230. The Morgan fingerprint density at radius 1 is 1.53 bits per heavy atom. The number of amides is 1. The largest absolute Gasteiger partial charge is 0.354 e. The molecule has 1 atom stereocenters. The van der Waals surface area contributed by atoms with Crippen LogP contribution in [0.5, 0.6) is 0 Å². The van der Waals surface area contributed by atoms with E-state index >= 15 is 0 Å². The normalized spacial score (nSPS) is 26.7. The van der Waals surface area contributed by atoms with Gasteiger partial charge in [0.2, 0.25) is 5.91 Å². The maximum absolute atomic E-state index is 12.0. The van der Waals surface area contributed by atoms with E-state index in [0.29, 0.717) is 0 Å². The molecule has 15 heavy (non-hydrogen) atoms. The van der Waals surface area contributed by atoms with Crippen LogP contribution in [0.3, 0.4) is 0 Å². The number of carbonyl (C=O) groups is 1. The molecule has 2 N–H and O–H groups in total. The van der Waals surface area contributed by atoms with Crippen LogP contribution in [0.25, 0.3) is 0 Å². The van der Waals surface area contributed by atoms with Gasteiger partial charge in [0.25, 0.3) is 0 Å². The summed E-state index contributed by atoms with van der Waals surface area (Å²) in [6.45, 7) is 10.2. The third-order valence-electron chi connectivity index (χ3n) is 3.55. The van der Waals surface area contributed by atoms with Crippen molar-refractivity contribution in [2.45, 2.75) is 52.5 Å². The van der Waals surface area contributed by atoms with Gasteiger partial charge in [-0.05, 0) is 38.1 Å². The van der Waals surface area contributed by atoms with Gasteiger partial charge in [0.1, 0.15) is 0 Å². The average Bonchev–Trinajstić information content (AvgIpc) is 2.63. The Morgan fingerprint density at radius 2 is 2.20 bits per heavy atom. The molecule has 0 radical (unpaired) electrons. The minimum absolute atomic E-state index is 0.154. The minimum atomic E-state index is -0.330. The standard InChI is InChI=1S/C12H24N2O/c1-5-11(2,3)9-13-10(15)12(4)7-6-8-14-12/h14H,5-9H2,1-4H3,(H,13,15). The van der Waals surface area contributed by atoms with Crippen molar-refractivity contribution in [3.8, 4) is 0 Å². The molecule has 0 saturated carbocycles. The third kappa shape index (κ3) is 3.20. The van der Waals surface area contributed by atoms with E-state index in [1.54, 1.807) is 0 Å². The molecule has 1 aliphatic heterocycles. The molecule has 0 aliphatic carbocycles. The fourth-order valence-electron chi connectivity index (χ4n) is 1.73. The van der Waals surface area contributed by atoms with E-state index in [0.717, 1.165) is 32.4 Å². The highest BCUT2D eigenvalue weighted by Gasteiger charge is 2.36. The lowest BCUT2D eigenvalue weighted by molar-refractivity contribution is -0.126. The Hall–Kier alpha value is -0.570. The molecule has 0 aromatic heterocycles. The maximum atomic E-state index is 12.0. The van der Waals surface area contributed by atoms with Gasteiger partial charge in [-0.25, -0.2) is 0 Å². The van der Waals surface area contributed by atoms with Crippen LogP contribution in [0.15, 0.2) is 0 Å². The van der Waals surface area contributed by atoms with Crippen LogP contribution < -0.4 is 10.6 Å². The highest BCUT2D eigenvalue weighted by Crippen LogP contribution is 2.21. The zero-order valence-electron chi connectivity index (χ0n) is 10.4. The summed E-state index contributed by atoms with van der Waals surface area (Å²) in [5.74, 6) is 0.154. The smallest absolute Gasteiger partial charge is 0.240 e. The van der Waals surface area contributed by atoms with Crippen molar-refractivity contribution in [1.29, 1.82) is 0 Å². The Kier molecular flexibility index (Phi) is 3.77. The molecule has 0 aromatic carbocycles. The Morgan fingerprint density at radius 3 is 2.67 bits per heavy atom. The minimum Gasteiger partial charge on any atom is -0.354 e. The van der Waals surface area contributed by atoms with Crippen LogP contribution in [0.4, 0.5) is 0 Å². The fraction of sp³-hybridized carbons (Fsp3) is 0.917. The van der Waals surface area contributed by atoms with Gasteiger partial charge >= 0.3 is 0 Å². The van der Waals surface area contributed by atoms with Crippen molar-refractivity contribution in [2.75, 3.05) is 13.1 Å². The van der Waals surface area contributed by atoms with Gasteiger partial charge < -0.3 is 10.6 Å². The molecule has 1 aliphatic rings. The highest BCUT2D eigenvalue weighted by molar-refractivity contribution is 5.86. The zero-order valence-corrected chi connectivity index (χ0v) is 10.4. The van der Waals surface area contributed by atoms with Crippen molar-refractivity contribution < 1.29 is 4.79 Å². The van der Waals surface area contributed by atoms with Gasteiger partial charge in [-0.2, -0.15) is 0 Å². The summed E-state index contributed by atoms with van der Waals surface area (Å²) in [5.41, 5.74) is -0.131. The molecule has 0 aromatic rings. The summed E-state index contributed by atoms with van der Waals surface area (Å²) in [6.07, 6.45) is 3.13. The summed E-state index contributed by atoms with van der Waals surface area (Å²) in [7, 11) is 0. The first kappa shape index (κ1) is 12.5. The van der Waals surface area contributed by atoms with E-state index in [4.69, 9.17) is 0 Å². The first-order valence-corrected chi connectivity index (χ1v) is 5.93. The van der Waals surface area contributed by atoms with Crippen molar-refractivity contribution in [2.24, 2.45) is 5.41 Å². The Labute approximate surface area is 93.0 Å². The number of carbonyl (C=O) groups excluding carboxylic acids is 1. The molecular formula is C12H24N2O.